The van der Waals surface area contributed by atoms with E-state index in [9.17, 15) is 0 Å². The van der Waals surface area contributed by atoms with Gasteiger partial charge < -0.3 is 0 Å². The molecule has 0 radical (unpaired) electrons. The van der Waals surface area contributed by atoms with E-state index < -0.39 is 0 Å². The molecule has 0 atom stereocenters. The quantitative estimate of drug-likeness (QED) is 0.167. The van der Waals surface area contributed by atoms with E-state index >= 15 is 0 Å². The number of benzene rings is 8. The lowest BCUT2D eigenvalue weighted by molar-refractivity contribution is 1.08. The highest BCUT2D eigenvalue weighted by Gasteiger charge is 2.22. The third kappa shape index (κ3) is 5.98. The molecule has 0 amide bonds. The molecule has 5 aromatic heterocycles. The van der Waals surface area contributed by atoms with Gasteiger partial charge in [-0.3, -0.25) is 0 Å². The fraction of sp³-hybridized carbons (Fsp3) is 0. The fourth-order valence-electron chi connectivity index (χ4n) is 8.88. The number of hydrogen-bond donors (Lipinski definition) is 0. The summed E-state index contributed by atoms with van der Waals surface area (Å²) in [7, 11) is 0. The molecule has 294 valence electrons. The Morgan fingerprint density at radius 3 is 1.52 bits per heavy atom. The molecule has 5 nitrogen and oxygen atoms in total. The second-order valence-electron chi connectivity index (χ2n) is 15.5. The topological polar surface area (TPSA) is 64.5 Å². The van der Waals surface area contributed by atoms with E-state index in [0.717, 1.165) is 74.8 Å². The van der Waals surface area contributed by atoms with Crippen LogP contribution in [0, 0.1) is 0 Å². The summed E-state index contributed by atoms with van der Waals surface area (Å²) in [6.07, 6.45) is 0. The van der Waals surface area contributed by atoms with Crippen LogP contribution >= 0.6 is 34.0 Å². The van der Waals surface area contributed by atoms with Gasteiger partial charge in [0, 0.05) is 78.2 Å². The number of hydrogen-bond acceptors (Lipinski definition) is 8. The Labute approximate surface area is 373 Å². The number of nitrogens with zero attached hydrogens (tertiary/aromatic N) is 5. The Kier molecular flexibility index (Phi) is 8.37. The molecule has 5 heterocycles. The van der Waals surface area contributed by atoms with Crippen molar-refractivity contribution in [2.75, 3.05) is 0 Å². The molecular weight excluding hydrogens is 827 g/mol. The standard InChI is InChI=1S/C55H31N5S3/c1-3-15-32(16-4-1)48-51-49(39-22-8-10-28-43(39)63-51)57-54(56-48)40-25-13-29-44-46(40)47-41(26-14-30-45(47)61-44)55-59-52(33-17-5-2-6-18-33)58-53(60-55)35-20-11-19-34(31-35)36-23-12-24-38-37-21-7-9-27-42(37)62-50(36)38/h1-31H. The molecule has 8 aromatic carbocycles. The zero-order chi connectivity index (χ0) is 41.4. The smallest absolute Gasteiger partial charge is 0.164 e. The molecule has 0 N–H and O–H groups in total. The van der Waals surface area contributed by atoms with Crippen LogP contribution in [0.5, 0.6) is 0 Å². The van der Waals surface area contributed by atoms with Crippen molar-refractivity contribution in [2.24, 2.45) is 0 Å². The van der Waals surface area contributed by atoms with Gasteiger partial charge in [-0.05, 0) is 41.5 Å². The van der Waals surface area contributed by atoms with Crippen molar-refractivity contribution >= 4 is 94.7 Å². The van der Waals surface area contributed by atoms with E-state index in [0.29, 0.717) is 23.3 Å². The van der Waals surface area contributed by atoms with Gasteiger partial charge in [0.2, 0.25) is 0 Å². The third-order valence-corrected chi connectivity index (χ3v) is 15.3. The molecule has 0 aliphatic carbocycles. The summed E-state index contributed by atoms with van der Waals surface area (Å²) in [6.45, 7) is 0. The minimum atomic E-state index is 0.612. The lowest BCUT2D eigenvalue weighted by Crippen LogP contribution is -2.00. The second-order valence-corrected chi connectivity index (χ2v) is 18.7. The van der Waals surface area contributed by atoms with Crippen LogP contribution in [0.4, 0.5) is 0 Å². The van der Waals surface area contributed by atoms with Crippen LogP contribution < -0.4 is 0 Å². The minimum Gasteiger partial charge on any atom is -0.226 e. The highest BCUT2D eigenvalue weighted by molar-refractivity contribution is 7.27. The molecule has 0 saturated carbocycles. The highest BCUT2D eigenvalue weighted by Crippen LogP contribution is 2.46. The second kappa shape index (κ2) is 14.6. The van der Waals surface area contributed by atoms with Crippen molar-refractivity contribution in [1.82, 2.24) is 24.9 Å². The summed E-state index contributed by atoms with van der Waals surface area (Å²) in [5, 5.41) is 5.86. The molecule has 0 unspecified atom stereocenters. The molecule has 8 heteroatoms. The first kappa shape index (κ1) is 36.2. The monoisotopic (exact) mass is 857 g/mol. The molecule has 0 bridgehead atoms. The summed E-state index contributed by atoms with van der Waals surface area (Å²) in [6, 6.07) is 66.0. The maximum absolute atomic E-state index is 5.41. The lowest BCUT2D eigenvalue weighted by Gasteiger charge is -2.12. The molecule has 0 fully saturated rings. The van der Waals surface area contributed by atoms with Crippen LogP contribution in [0.2, 0.25) is 0 Å². The number of rotatable bonds is 6. The molecule has 0 aliphatic rings. The van der Waals surface area contributed by atoms with Crippen LogP contribution in [-0.2, 0) is 0 Å². The number of fused-ring (bicyclic) bond motifs is 9. The van der Waals surface area contributed by atoms with Crippen LogP contribution in [0.1, 0.15) is 0 Å². The largest absolute Gasteiger partial charge is 0.226 e. The summed E-state index contributed by atoms with van der Waals surface area (Å²) in [5.41, 5.74) is 9.05. The van der Waals surface area contributed by atoms with Crippen LogP contribution in [0.25, 0.3) is 129 Å². The molecule has 0 aliphatic heterocycles. The zero-order valence-electron chi connectivity index (χ0n) is 33.4. The van der Waals surface area contributed by atoms with Crippen molar-refractivity contribution in [2.45, 2.75) is 0 Å². The van der Waals surface area contributed by atoms with Crippen molar-refractivity contribution in [3.63, 3.8) is 0 Å². The lowest BCUT2D eigenvalue weighted by atomic mass is 10.00. The van der Waals surface area contributed by atoms with E-state index in [2.05, 4.69) is 164 Å². The van der Waals surface area contributed by atoms with E-state index in [4.69, 9.17) is 24.9 Å². The van der Waals surface area contributed by atoms with Crippen molar-refractivity contribution in [1.29, 1.82) is 0 Å². The van der Waals surface area contributed by atoms with Gasteiger partial charge >= 0.3 is 0 Å². The SMILES string of the molecule is c1ccc(-c2nc(-c3cccc(-c4cccc5c4sc4ccccc45)c3)nc(-c3cccc4sc5cccc(-c6nc(-c7ccccc7)c7sc8ccccc8c7n6)c5c34)n2)cc1. The molecule has 63 heavy (non-hydrogen) atoms. The summed E-state index contributed by atoms with van der Waals surface area (Å²) in [5.74, 6) is 2.54. The molecule has 0 spiro atoms. The maximum atomic E-state index is 5.41. The van der Waals surface area contributed by atoms with Gasteiger partial charge in [0.25, 0.3) is 0 Å². The molecule has 13 rings (SSSR count). The first-order valence-electron chi connectivity index (χ1n) is 20.7. The summed E-state index contributed by atoms with van der Waals surface area (Å²) < 4.78 is 7.13. The van der Waals surface area contributed by atoms with E-state index in [1.54, 1.807) is 22.7 Å². The summed E-state index contributed by atoms with van der Waals surface area (Å²) >= 11 is 5.35. The highest BCUT2D eigenvalue weighted by atomic mass is 32.1. The van der Waals surface area contributed by atoms with Crippen molar-refractivity contribution in [3.05, 3.63) is 188 Å². The van der Waals surface area contributed by atoms with Gasteiger partial charge in [0.05, 0.1) is 15.9 Å². The van der Waals surface area contributed by atoms with Crippen molar-refractivity contribution in [3.8, 4) is 67.9 Å². The van der Waals surface area contributed by atoms with Gasteiger partial charge in [-0.2, -0.15) is 0 Å². The average molecular weight is 858 g/mol. The number of thiophene rings is 3. The average Bonchev–Trinajstić information content (AvgIpc) is 4.06. The zero-order valence-corrected chi connectivity index (χ0v) is 35.8. The Morgan fingerprint density at radius 1 is 0.286 bits per heavy atom. The van der Waals surface area contributed by atoms with Gasteiger partial charge in [-0.15, -0.1) is 34.0 Å². The predicted octanol–water partition coefficient (Wildman–Crippen LogP) is 15.8. The molecule has 13 aromatic rings. The predicted molar refractivity (Wildman–Crippen MR) is 267 cm³/mol. The van der Waals surface area contributed by atoms with Crippen LogP contribution in [0.15, 0.2) is 188 Å². The van der Waals surface area contributed by atoms with Gasteiger partial charge in [0.1, 0.15) is 0 Å². The van der Waals surface area contributed by atoms with E-state index in [1.807, 2.05) is 35.6 Å². The molecule has 0 saturated heterocycles. The van der Waals surface area contributed by atoms with Gasteiger partial charge in [-0.25, -0.2) is 24.9 Å². The Bertz CT molecular complexity index is 3930. The van der Waals surface area contributed by atoms with E-state index in [1.165, 1.54) is 30.4 Å². The Hall–Kier alpha value is -7.49. The maximum Gasteiger partial charge on any atom is 0.164 e. The van der Waals surface area contributed by atoms with Gasteiger partial charge in [-0.1, -0.05) is 158 Å². The minimum absolute atomic E-state index is 0.612. The first-order chi connectivity index (χ1) is 31.2. The van der Waals surface area contributed by atoms with E-state index in [-0.39, 0.29) is 0 Å². The first-order valence-corrected chi connectivity index (χ1v) is 23.2. The van der Waals surface area contributed by atoms with Gasteiger partial charge in [0.15, 0.2) is 23.3 Å². The van der Waals surface area contributed by atoms with Crippen LogP contribution in [-0.4, -0.2) is 24.9 Å². The normalized spacial score (nSPS) is 11.8. The third-order valence-electron chi connectivity index (χ3n) is 11.8. The molecular formula is C55H31N5S3. The number of aromatic nitrogens is 5. The summed E-state index contributed by atoms with van der Waals surface area (Å²) in [4.78, 5) is 26.6. The van der Waals surface area contributed by atoms with Crippen LogP contribution in [0.3, 0.4) is 0 Å². The Morgan fingerprint density at radius 2 is 0.778 bits per heavy atom. The Balaban J connectivity index is 1.03. The van der Waals surface area contributed by atoms with Crippen molar-refractivity contribution < 1.29 is 0 Å². The fourth-order valence-corrected chi connectivity index (χ4v) is 12.4.